The Kier molecular flexibility index (Phi) is 5.42. The largest absolute Gasteiger partial charge is 0.463 e. The first kappa shape index (κ1) is 18.2. The molecule has 0 radical (unpaired) electrons. The van der Waals surface area contributed by atoms with Crippen LogP contribution in [0.25, 0.3) is 0 Å². The van der Waals surface area contributed by atoms with Crippen LogP contribution in [0, 0.1) is 0 Å². The summed E-state index contributed by atoms with van der Waals surface area (Å²) in [4.78, 5) is 27.0. The number of hydrogen-bond donors (Lipinski definition) is 1. The number of benzene rings is 2. The molecule has 0 saturated carbocycles. The van der Waals surface area contributed by atoms with E-state index in [1.807, 2.05) is 54.6 Å². The third kappa shape index (κ3) is 3.51. The Labute approximate surface area is 160 Å². The quantitative estimate of drug-likeness (QED) is 0.746. The highest BCUT2D eigenvalue weighted by Gasteiger charge is 2.37. The topological polar surface area (TPSA) is 58.6 Å². The zero-order chi connectivity index (χ0) is 18.7. The van der Waals surface area contributed by atoms with Crippen LogP contribution >= 0.6 is 15.9 Å². The molecule has 5 nitrogen and oxygen atoms in total. The second-order valence-corrected chi connectivity index (χ2v) is 6.74. The van der Waals surface area contributed by atoms with Crippen LogP contribution < -0.4 is 10.2 Å². The Hall–Kier alpha value is -2.60. The van der Waals surface area contributed by atoms with Crippen LogP contribution in [0.1, 0.15) is 25.5 Å². The minimum absolute atomic E-state index is 0.266. The number of carbonyl (C=O) groups excluding carboxylic acids is 2. The molecule has 2 amide bonds. The smallest absolute Gasteiger partial charge is 0.338 e. The van der Waals surface area contributed by atoms with Crippen LogP contribution in [0.2, 0.25) is 0 Å². The molecule has 1 aliphatic heterocycles. The first-order valence-electron chi connectivity index (χ1n) is 8.32. The summed E-state index contributed by atoms with van der Waals surface area (Å²) in [6, 6.07) is 15.9. The molecule has 1 aliphatic rings. The fraction of sp³-hybridized carbons (Fsp3) is 0.200. The molecule has 3 rings (SSSR count). The molecule has 0 aromatic heterocycles. The molecule has 0 saturated heterocycles. The molecule has 1 heterocycles. The van der Waals surface area contributed by atoms with E-state index in [0.717, 1.165) is 10.0 Å². The predicted octanol–water partition coefficient (Wildman–Crippen LogP) is 4.56. The van der Waals surface area contributed by atoms with Crippen LogP contribution in [0.3, 0.4) is 0 Å². The number of esters is 1. The number of allylic oxidation sites excluding steroid dienone is 1. The summed E-state index contributed by atoms with van der Waals surface area (Å²) in [7, 11) is 0. The average Bonchev–Trinajstić information content (AvgIpc) is 2.63. The summed E-state index contributed by atoms with van der Waals surface area (Å²) in [5, 5.41) is 2.93. The number of ether oxygens (including phenoxy) is 1. The highest BCUT2D eigenvalue weighted by atomic mass is 79.9. The molecular weight excluding hydrogens is 396 g/mol. The molecule has 6 heteroatoms. The van der Waals surface area contributed by atoms with Gasteiger partial charge in [0.25, 0.3) is 0 Å². The molecule has 0 spiro atoms. The van der Waals surface area contributed by atoms with Crippen molar-refractivity contribution in [2.45, 2.75) is 19.9 Å². The minimum atomic E-state index is -0.561. The fourth-order valence-electron chi connectivity index (χ4n) is 3.01. The van der Waals surface area contributed by atoms with Crippen molar-refractivity contribution in [3.8, 4) is 0 Å². The molecule has 26 heavy (non-hydrogen) atoms. The maximum Gasteiger partial charge on any atom is 0.338 e. The number of amides is 2. The highest BCUT2D eigenvalue weighted by molar-refractivity contribution is 9.10. The van der Waals surface area contributed by atoms with Gasteiger partial charge in [-0.2, -0.15) is 0 Å². The van der Waals surface area contributed by atoms with Crippen molar-refractivity contribution < 1.29 is 14.3 Å². The number of carbonyl (C=O) groups is 2. The lowest BCUT2D eigenvalue weighted by atomic mass is 9.94. The summed E-state index contributed by atoms with van der Waals surface area (Å²) >= 11 is 3.40. The van der Waals surface area contributed by atoms with Gasteiger partial charge in [-0.1, -0.05) is 46.3 Å². The van der Waals surface area contributed by atoms with Gasteiger partial charge < -0.3 is 10.1 Å². The van der Waals surface area contributed by atoms with E-state index in [1.54, 1.807) is 13.8 Å². The Morgan fingerprint density at radius 1 is 1.15 bits per heavy atom. The van der Waals surface area contributed by atoms with E-state index in [0.29, 0.717) is 17.0 Å². The van der Waals surface area contributed by atoms with Gasteiger partial charge >= 0.3 is 12.0 Å². The molecule has 2 aromatic rings. The number of halogens is 1. The van der Waals surface area contributed by atoms with Gasteiger partial charge in [0.2, 0.25) is 0 Å². The van der Waals surface area contributed by atoms with E-state index < -0.39 is 12.0 Å². The van der Waals surface area contributed by atoms with Gasteiger partial charge in [0, 0.05) is 10.2 Å². The first-order valence-corrected chi connectivity index (χ1v) is 9.11. The van der Waals surface area contributed by atoms with Gasteiger partial charge in [-0.3, -0.25) is 4.90 Å². The van der Waals surface area contributed by atoms with Crippen LogP contribution in [0.5, 0.6) is 0 Å². The van der Waals surface area contributed by atoms with Crippen molar-refractivity contribution in [1.82, 2.24) is 5.32 Å². The lowest BCUT2D eigenvalue weighted by Gasteiger charge is -2.35. The number of anilines is 1. The van der Waals surface area contributed by atoms with Crippen LogP contribution in [-0.4, -0.2) is 18.6 Å². The van der Waals surface area contributed by atoms with Gasteiger partial charge in [0.05, 0.1) is 23.9 Å². The van der Waals surface area contributed by atoms with Crippen molar-refractivity contribution in [2.75, 3.05) is 11.5 Å². The normalized spacial score (nSPS) is 17.1. The van der Waals surface area contributed by atoms with Gasteiger partial charge in [-0.15, -0.1) is 0 Å². The molecule has 0 bridgehead atoms. The van der Waals surface area contributed by atoms with Gasteiger partial charge in [-0.25, -0.2) is 9.59 Å². The molecule has 0 aliphatic carbocycles. The maximum absolute atomic E-state index is 12.8. The molecule has 1 N–H and O–H groups in total. The Morgan fingerprint density at radius 2 is 1.81 bits per heavy atom. The zero-order valence-corrected chi connectivity index (χ0v) is 16.1. The molecule has 0 fully saturated rings. The summed E-state index contributed by atoms with van der Waals surface area (Å²) in [6.07, 6.45) is 0. The average molecular weight is 415 g/mol. The van der Waals surface area contributed by atoms with Crippen molar-refractivity contribution in [3.05, 3.63) is 75.9 Å². The summed E-state index contributed by atoms with van der Waals surface area (Å²) in [5.41, 5.74) is 2.50. The van der Waals surface area contributed by atoms with E-state index in [2.05, 4.69) is 21.2 Å². The molecule has 134 valence electrons. The highest BCUT2D eigenvalue weighted by Crippen LogP contribution is 2.34. The van der Waals surface area contributed by atoms with Gasteiger partial charge in [0.15, 0.2) is 0 Å². The number of nitrogens with zero attached hydrogens (tertiary/aromatic N) is 1. The third-order valence-electron chi connectivity index (χ3n) is 4.20. The third-order valence-corrected chi connectivity index (χ3v) is 4.73. The van der Waals surface area contributed by atoms with Crippen molar-refractivity contribution in [2.24, 2.45) is 0 Å². The van der Waals surface area contributed by atoms with E-state index in [-0.39, 0.29) is 12.6 Å². The first-order chi connectivity index (χ1) is 12.5. The van der Waals surface area contributed by atoms with E-state index in [4.69, 9.17) is 4.74 Å². The van der Waals surface area contributed by atoms with E-state index in [1.165, 1.54) is 4.90 Å². The standard InChI is InChI=1S/C20H19BrN2O3/c1-3-26-19(24)17-13(2)23(16-7-5-4-6-8-16)20(25)22-18(17)14-9-11-15(21)12-10-14/h4-12,18H,3H2,1-2H3,(H,22,25)/t18-/m1/s1. The summed E-state index contributed by atoms with van der Waals surface area (Å²) < 4.78 is 6.19. The number of nitrogens with one attached hydrogen (secondary N) is 1. The Morgan fingerprint density at radius 3 is 2.42 bits per heavy atom. The number of urea groups is 1. The lowest BCUT2D eigenvalue weighted by Crippen LogP contribution is -2.48. The van der Waals surface area contributed by atoms with Gasteiger partial charge in [0.1, 0.15) is 0 Å². The van der Waals surface area contributed by atoms with E-state index in [9.17, 15) is 9.59 Å². The number of hydrogen-bond acceptors (Lipinski definition) is 3. The van der Waals surface area contributed by atoms with Crippen molar-refractivity contribution in [3.63, 3.8) is 0 Å². The van der Waals surface area contributed by atoms with Crippen molar-refractivity contribution in [1.29, 1.82) is 0 Å². The molecule has 1 atom stereocenters. The summed E-state index contributed by atoms with van der Waals surface area (Å²) in [5.74, 6) is -0.432. The van der Waals surface area contributed by atoms with Crippen LogP contribution in [-0.2, 0) is 9.53 Å². The van der Waals surface area contributed by atoms with Crippen LogP contribution in [0.4, 0.5) is 10.5 Å². The second-order valence-electron chi connectivity index (χ2n) is 5.82. The van der Waals surface area contributed by atoms with Gasteiger partial charge in [-0.05, 0) is 43.7 Å². The zero-order valence-electron chi connectivity index (χ0n) is 14.5. The lowest BCUT2D eigenvalue weighted by molar-refractivity contribution is -0.139. The minimum Gasteiger partial charge on any atom is -0.463 e. The monoisotopic (exact) mass is 414 g/mol. The summed E-state index contributed by atoms with van der Waals surface area (Å²) in [6.45, 7) is 3.80. The molecule has 0 unspecified atom stereocenters. The Bertz CT molecular complexity index is 847. The second kappa shape index (κ2) is 7.74. The fourth-order valence-corrected chi connectivity index (χ4v) is 3.27. The SMILES string of the molecule is CCOC(=O)C1=C(C)N(c2ccccc2)C(=O)N[C@@H]1c1ccc(Br)cc1. The molecule has 2 aromatic carbocycles. The predicted molar refractivity (Wildman–Crippen MR) is 104 cm³/mol. The van der Waals surface area contributed by atoms with Crippen molar-refractivity contribution >= 4 is 33.6 Å². The maximum atomic E-state index is 12.8. The van der Waals surface area contributed by atoms with Crippen LogP contribution in [0.15, 0.2) is 70.3 Å². The Balaban J connectivity index is 2.11. The van der Waals surface area contributed by atoms with E-state index >= 15 is 0 Å². The number of rotatable bonds is 4. The number of para-hydroxylation sites is 1. The molecular formula is C20H19BrN2O3.